The van der Waals surface area contributed by atoms with E-state index >= 15 is 0 Å². The molecule has 188 valence electrons. The van der Waals surface area contributed by atoms with Crippen molar-refractivity contribution in [2.24, 2.45) is 5.10 Å². The SMILES string of the molecule is COc1ccc(S(=O)(=O)N(CC(=O)N/N=C\c2ccc([N+](=O)[O-])cc2)c2ccc(F)cc2)cc1OC. The van der Waals surface area contributed by atoms with Crippen LogP contribution in [0.1, 0.15) is 5.56 Å². The highest BCUT2D eigenvalue weighted by Gasteiger charge is 2.28. The van der Waals surface area contributed by atoms with Crippen LogP contribution in [0.3, 0.4) is 0 Å². The van der Waals surface area contributed by atoms with Gasteiger partial charge in [-0.1, -0.05) is 0 Å². The molecule has 0 saturated carbocycles. The molecular weight excluding hydrogens is 495 g/mol. The van der Waals surface area contributed by atoms with Crippen molar-refractivity contribution >= 4 is 33.5 Å². The summed E-state index contributed by atoms with van der Waals surface area (Å²) in [6.45, 7) is -0.681. The number of non-ortho nitro benzene ring substituents is 1. The highest BCUT2D eigenvalue weighted by molar-refractivity contribution is 7.92. The van der Waals surface area contributed by atoms with E-state index in [0.717, 1.165) is 16.4 Å². The summed E-state index contributed by atoms with van der Waals surface area (Å²) in [4.78, 5) is 22.6. The van der Waals surface area contributed by atoms with Crippen LogP contribution in [-0.4, -0.2) is 46.2 Å². The Balaban J connectivity index is 1.85. The molecule has 3 aromatic carbocycles. The van der Waals surface area contributed by atoms with Gasteiger partial charge in [-0.2, -0.15) is 5.10 Å². The Labute approximate surface area is 206 Å². The van der Waals surface area contributed by atoms with E-state index in [1.54, 1.807) is 0 Å². The molecule has 0 aliphatic carbocycles. The zero-order valence-electron chi connectivity index (χ0n) is 19.1. The van der Waals surface area contributed by atoms with Crippen LogP contribution in [0.15, 0.2) is 76.7 Å². The number of hydrazone groups is 1. The zero-order chi connectivity index (χ0) is 26.3. The maximum absolute atomic E-state index is 13.5. The Morgan fingerprint density at radius 1 is 1.06 bits per heavy atom. The second-order valence-corrected chi connectivity index (χ2v) is 9.01. The van der Waals surface area contributed by atoms with Gasteiger partial charge in [-0.05, 0) is 54.1 Å². The van der Waals surface area contributed by atoms with E-state index in [1.165, 1.54) is 75.0 Å². The number of anilines is 1. The molecule has 3 aromatic rings. The van der Waals surface area contributed by atoms with Gasteiger partial charge in [0, 0.05) is 18.2 Å². The molecule has 11 nitrogen and oxygen atoms in total. The van der Waals surface area contributed by atoms with Crippen molar-refractivity contribution in [2.75, 3.05) is 25.1 Å². The van der Waals surface area contributed by atoms with Gasteiger partial charge >= 0.3 is 0 Å². The minimum atomic E-state index is -4.31. The third kappa shape index (κ3) is 6.13. The largest absolute Gasteiger partial charge is 0.493 e. The van der Waals surface area contributed by atoms with Crippen molar-refractivity contribution in [3.05, 3.63) is 88.2 Å². The molecule has 36 heavy (non-hydrogen) atoms. The van der Waals surface area contributed by atoms with Crippen molar-refractivity contribution in [1.82, 2.24) is 5.43 Å². The highest BCUT2D eigenvalue weighted by Crippen LogP contribution is 2.32. The number of halogens is 1. The topological polar surface area (TPSA) is 140 Å². The number of sulfonamides is 1. The van der Waals surface area contributed by atoms with E-state index in [4.69, 9.17) is 9.47 Å². The summed E-state index contributed by atoms with van der Waals surface area (Å²) in [5.74, 6) is -0.904. The average Bonchev–Trinajstić information content (AvgIpc) is 2.87. The lowest BCUT2D eigenvalue weighted by Crippen LogP contribution is -2.39. The van der Waals surface area contributed by atoms with Gasteiger partial charge in [0.05, 0.1) is 35.9 Å². The lowest BCUT2D eigenvalue weighted by molar-refractivity contribution is -0.384. The molecule has 0 aliphatic heterocycles. The number of benzene rings is 3. The monoisotopic (exact) mass is 516 g/mol. The number of hydrogen-bond acceptors (Lipinski definition) is 8. The molecule has 13 heteroatoms. The molecule has 1 N–H and O–H groups in total. The summed E-state index contributed by atoms with van der Waals surface area (Å²) in [5, 5.41) is 14.5. The van der Waals surface area contributed by atoms with Gasteiger partial charge in [-0.3, -0.25) is 19.2 Å². The van der Waals surface area contributed by atoms with Gasteiger partial charge < -0.3 is 9.47 Å². The third-order valence-corrected chi connectivity index (χ3v) is 6.62. The summed E-state index contributed by atoms with van der Waals surface area (Å²) in [7, 11) is -1.56. The van der Waals surface area contributed by atoms with E-state index in [9.17, 15) is 27.7 Å². The van der Waals surface area contributed by atoms with E-state index in [1.807, 2.05) is 0 Å². The lowest BCUT2D eigenvalue weighted by Gasteiger charge is -2.24. The molecule has 0 saturated heterocycles. The second kappa shape index (κ2) is 11.3. The second-order valence-electron chi connectivity index (χ2n) is 7.15. The Morgan fingerprint density at radius 3 is 2.28 bits per heavy atom. The molecule has 0 aliphatic rings. The maximum atomic E-state index is 13.5. The Morgan fingerprint density at radius 2 is 1.69 bits per heavy atom. The summed E-state index contributed by atoms with van der Waals surface area (Å²) >= 11 is 0. The quantitative estimate of drug-likeness (QED) is 0.248. The van der Waals surface area contributed by atoms with Crippen molar-refractivity contribution in [3.63, 3.8) is 0 Å². The molecule has 0 radical (unpaired) electrons. The van der Waals surface area contributed by atoms with Crippen LogP contribution in [0, 0.1) is 15.9 Å². The highest BCUT2D eigenvalue weighted by atomic mass is 32.2. The van der Waals surface area contributed by atoms with E-state index < -0.39 is 33.2 Å². The first-order valence-corrected chi connectivity index (χ1v) is 11.7. The van der Waals surface area contributed by atoms with Crippen LogP contribution < -0.4 is 19.2 Å². The van der Waals surface area contributed by atoms with Crippen LogP contribution in [0.2, 0.25) is 0 Å². The van der Waals surface area contributed by atoms with Gasteiger partial charge in [0.15, 0.2) is 11.5 Å². The predicted molar refractivity (Wildman–Crippen MR) is 129 cm³/mol. The minimum absolute atomic E-state index is 0.0423. The first kappa shape index (κ1) is 26.1. The van der Waals surface area contributed by atoms with Crippen molar-refractivity contribution in [2.45, 2.75) is 4.90 Å². The zero-order valence-corrected chi connectivity index (χ0v) is 19.9. The smallest absolute Gasteiger partial charge is 0.269 e. The van der Waals surface area contributed by atoms with E-state index in [0.29, 0.717) is 11.3 Å². The number of carbonyl (C=O) groups excluding carboxylic acids is 1. The normalized spacial score (nSPS) is 11.2. The third-order valence-electron chi connectivity index (χ3n) is 4.85. The van der Waals surface area contributed by atoms with Crippen molar-refractivity contribution in [1.29, 1.82) is 0 Å². The molecule has 0 atom stereocenters. The average molecular weight is 517 g/mol. The van der Waals surface area contributed by atoms with Crippen molar-refractivity contribution in [3.8, 4) is 11.5 Å². The molecule has 0 unspecified atom stereocenters. The molecule has 0 fully saturated rings. The number of nitro benzene ring substituents is 1. The first-order valence-electron chi connectivity index (χ1n) is 10.2. The van der Waals surface area contributed by atoms with Crippen LogP contribution in [0.4, 0.5) is 15.8 Å². The molecular formula is C23H21FN4O7S. The number of carbonyl (C=O) groups is 1. The Bertz CT molecular complexity index is 1380. The standard InChI is InChI=1S/C23H21FN4O7S/c1-34-21-12-11-20(13-22(21)35-2)36(32,33)27(18-9-5-17(24)6-10-18)15-23(29)26-25-14-16-3-7-19(8-4-16)28(30)31/h3-14H,15H2,1-2H3,(H,26,29)/b25-14-. The summed E-state index contributed by atoms with van der Waals surface area (Å²) in [6, 6.07) is 13.9. The number of nitro groups is 1. The molecule has 0 aromatic heterocycles. The summed E-state index contributed by atoms with van der Waals surface area (Å²) in [6.07, 6.45) is 1.24. The van der Waals surface area contributed by atoms with Gasteiger partial charge in [-0.25, -0.2) is 18.2 Å². The minimum Gasteiger partial charge on any atom is -0.493 e. The van der Waals surface area contributed by atoms with Gasteiger partial charge in [0.1, 0.15) is 12.4 Å². The van der Waals surface area contributed by atoms with Crippen LogP contribution >= 0.6 is 0 Å². The lowest BCUT2D eigenvalue weighted by atomic mass is 10.2. The van der Waals surface area contributed by atoms with E-state index in [2.05, 4.69) is 10.5 Å². The fraction of sp³-hybridized carbons (Fsp3) is 0.130. The molecule has 3 rings (SSSR count). The Kier molecular flexibility index (Phi) is 8.17. The Hall–Kier alpha value is -4.52. The number of nitrogens with zero attached hydrogens (tertiary/aromatic N) is 3. The molecule has 0 spiro atoms. The molecule has 1 amide bonds. The molecule has 0 heterocycles. The first-order chi connectivity index (χ1) is 17.1. The number of hydrogen-bond donors (Lipinski definition) is 1. The number of amides is 1. The van der Waals surface area contributed by atoms with Crippen LogP contribution in [0.25, 0.3) is 0 Å². The fourth-order valence-corrected chi connectivity index (χ4v) is 4.49. The summed E-state index contributed by atoms with van der Waals surface area (Å²) in [5.41, 5.74) is 2.62. The van der Waals surface area contributed by atoms with Gasteiger partial charge in [0.2, 0.25) is 0 Å². The van der Waals surface area contributed by atoms with Gasteiger partial charge in [0.25, 0.3) is 21.6 Å². The van der Waals surface area contributed by atoms with Crippen LogP contribution in [-0.2, 0) is 14.8 Å². The number of ether oxygens (including phenoxy) is 2. The summed E-state index contributed by atoms with van der Waals surface area (Å²) < 4.78 is 51.5. The van der Waals surface area contributed by atoms with E-state index in [-0.39, 0.29) is 22.0 Å². The number of nitrogens with one attached hydrogen (secondary N) is 1. The van der Waals surface area contributed by atoms with Crippen molar-refractivity contribution < 1.29 is 32.0 Å². The number of rotatable bonds is 10. The maximum Gasteiger partial charge on any atom is 0.269 e. The predicted octanol–water partition coefficient (Wildman–Crippen LogP) is 3.10. The van der Waals surface area contributed by atoms with Crippen LogP contribution in [0.5, 0.6) is 11.5 Å². The van der Waals surface area contributed by atoms with Gasteiger partial charge in [-0.15, -0.1) is 0 Å². The molecule has 0 bridgehead atoms. The number of methoxy groups -OCH3 is 2. The fourth-order valence-electron chi connectivity index (χ4n) is 3.05.